The zero-order valence-corrected chi connectivity index (χ0v) is 19.5. The fourth-order valence-corrected chi connectivity index (χ4v) is 5.27. The topological polar surface area (TPSA) is 112 Å². The number of hydrogen-bond acceptors (Lipinski definition) is 8. The molecule has 1 aromatic heterocycles. The van der Waals surface area contributed by atoms with Gasteiger partial charge >= 0.3 is 11.9 Å². The summed E-state index contributed by atoms with van der Waals surface area (Å²) < 4.78 is 48.8. The molecule has 0 amide bonds. The molecular formula is C24H23NO8S. The number of nitrogens with zero attached hydrogens (tertiary/aromatic N) is 1. The molecule has 0 radical (unpaired) electrons. The van der Waals surface area contributed by atoms with Gasteiger partial charge in [-0.25, -0.2) is 18.0 Å². The predicted molar refractivity (Wildman–Crippen MR) is 121 cm³/mol. The van der Waals surface area contributed by atoms with Crippen molar-refractivity contribution in [1.29, 1.82) is 0 Å². The van der Waals surface area contributed by atoms with Crippen LogP contribution in [0.2, 0.25) is 0 Å². The first-order valence-electron chi connectivity index (χ1n) is 10.6. The minimum atomic E-state index is -3.93. The molecule has 0 unspecified atom stereocenters. The normalized spacial score (nSPS) is 12.8. The Morgan fingerprint density at radius 3 is 2.56 bits per heavy atom. The van der Waals surface area contributed by atoms with E-state index in [-0.39, 0.29) is 40.7 Å². The number of para-hydroxylation sites is 1. The smallest absolute Gasteiger partial charge is 0.342 e. The van der Waals surface area contributed by atoms with Gasteiger partial charge in [0.15, 0.2) is 12.4 Å². The average molecular weight is 486 g/mol. The van der Waals surface area contributed by atoms with E-state index < -0.39 is 22.0 Å². The van der Waals surface area contributed by atoms with Crippen molar-refractivity contribution >= 4 is 27.6 Å². The van der Waals surface area contributed by atoms with Gasteiger partial charge < -0.3 is 18.6 Å². The van der Waals surface area contributed by atoms with Gasteiger partial charge in [0.1, 0.15) is 16.9 Å². The number of rotatable bonds is 8. The number of anilines is 1. The van der Waals surface area contributed by atoms with E-state index in [1.807, 2.05) is 12.1 Å². The van der Waals surface area contributed by atoms with Gasteiger partial charge in [0.05, 0.1) is 30.6 Å². The van der Waals surface area contributed by atoms with Gasteiger partial charge in [-0.15, -0.1) is 0 Å². The van der Waals surface area contributed by atoms with Gasteiger partial charge in [-0.3, -0.25) is 4.31 Å². The van der Waals surface area contributed by atoms with Gasteiger partial charge in [0, 0.05) is 6.54 Å². The summed E-state index contributed by atoms with van der Waals surface area (Å²) >= 11 is 0. The maximum Gasteiger partial charge on any atom is 0.342 e. The summed E-state index contributed by atoms with van der Waals surface area (Å²) in [6.07, 6.45) is 1.89. The molecule has 0 fully saturated rings. The Hall–Kier alpha value is -3.79. The molecule has 1 aliphatic heterocycles. The summed E-state index contributed by atoms with van der Waals surface area (Å²) in [5, 5.41) is 0. The highest BCUT2D eigenvalue weighted by Crippen LogP contribution is 2.34. The molecule has 0 saturated carbocycles. The first-order valence-corrected chi connectivity index (χ1v) is 12.0. The average Bonchev–Trinajstić information content (AvgIpc) is 3.49. The molecule has 178 valence electrons. The van der Waals surface area contributed by atoms with E-state index in [1.54, 1.807) is 19.1 Å². The van der Waals surface area contributed by atoms with Gasteiger partial charge in [0.25, 0.3) is 10.0 Å². The largest absolute Gasteiger partial charge is 0.496 e. The Labute approximate surface area is 196 Å². The standard InChI is InChI=1S/C24H23NO8S/c1-3-31-23(26)18-11-13-32-22(18)15-33-24(27)19-14-17(8-9-21(19)30-2)34(28,29)25-12-10-16-6-4-5-7-20(16)25/h4-9,11,13-14H,3,10,12,15H2,1-2H3. The van der Waals surface area contributed by atoms with Crippen LogP contribution in [0.1, 0.15) is 39.0 Å². The second-order valence-electron chi connectivity index (χ2n) is 7.37. The Kier molecular flexibility index (Phi) is 6.60. The monoisotopic (exact) mass is 485 g/mol. The molecule has 0 saturated heterocycles. The van der Waals surface area contributed by atoms with Crippen LogP contribution >= 0.6 is 0 Å². The zero-order chi connectivity index (χ0) is 24.3. The molecule has 0 bridgehead atoms. The quantitative estimate of drug-likeness (QED) is 0.445. The molecule has 34 heavy (non-hydrogen) atoms. The van der Waals surface area contributed by atoms with Crippen LogP contribution in [-0.2, 0) is 32.5 Å². The molecule has 10 heteroatoms. The third-order valence-corrected chi connectivity index (χ3v) is 7.21. The summed E-state index contributed by atoms with van der Waals surface area (Å²) in [4.78, 5) is 24.8. The minimum Gasteiger partial charge on any atom is -0.496 e. The van der Waals surface area contributed by atoms with Crippen molar-refractivity contribution in [2.24, 2.45) is 0 Å². The fraction of sp³-hybridized carbons (Fsp3) is 0.250. The lowest BCUT2D eigenvalue weighted by molar-refractivity contribution is 0.0419. The summed E-state index contributed by atoms with van der Waals surface area (Å²) in [6.45, 7) is 1.82. The van der Waals surface area contributed by atoms with Crippen molar-refractivity contribution in [2.45, 2.75) is 24.8 Å². The molecule has 4 rings (SSSR count). The molecule has 2 heterocycles. The maximum absolute atomic E-state index is 13.4. The first kappa shape index (κ1) is 23.4. The summed E-state index contributed by atoms with van der Waals surface area (Å²) in [7, 11) is -2.56. The number of carbonyl (C=O) groups excluding carboxylic acids is 2. The zero-order valence-electron chi connectivity index (χ0n) is 18.6. The van der Waals surface area contributed by atoms with E-state index in [2.05, 4.69) is 0 Å². The second-order valence-corrected chi connectivity index (χ2v) is 9.23. The van der Waals surface area contributed by atoms with Crippen molar-refractivity contribution < 1.29 is 36.6 Å². The molecule has 3 aromatic rings. The number of esters is 2. The van der Waals surface area contributed by atoms with Gasteiger partial charge in [0.2, 0.25) is 0 Å². The summed E-state index contributed by atoms with van der Waals surface area (Å²) in [5.74, 6) is -1.17. The third-order valence-electron chi connectivity index (χ3n) is 5.40. The van der Waals surface area contributed by atoms with Gasteiger partial charge in [-0.1, -0.05) is 18.2 Å². The van der Waals surface area contributed by atoms with Crippen LogP contribution in [0.25, 0.3) is 0 Å². The number of benzene rings is 2. The first-order chi connectivity index (χ1) is 16.4. The fourth-order valence-electron chi connectivity index (χ4n) is 3.74. The number of hydrogen-bond donors (Lipinski definition) is 0. The summed E-state index contributed by atoms with van der Waals surface area (Å²) in [6, 6.07) is 12.7. The van der Waals surface area contributed by atoms with Crippen LogP contribution in [0.3, 0.4) is 0 Å². The highest BCUT2D eigenvalue weighted by atomic mass is 32.2. The SMILES string of the molecule is CCOC(=O)c1ccoc1COC(=O)c1cc(S(=O)(=O)N2CCc3ccccc32)ccc1OC. The summed E-state index contributed by atoms with van der Waals surface area (Å²) in [5.41, 5.74) is 1.63. The lowest BCUT2D eigenvalue weighted by Gasteiger charge is -2.20. The van der Waals surface area contributed by atoms with Crippen LogP contribution in [0.4, 0.5) is 5.69 Å². The molecular weight excluding hydrogens is 462 g/mol. The van der Waals surface area contributed by atoms with Crippen molar-refractivity contribution in [1.82, 2.24) is 0 Å². The number of carbonyl (C=O) groups is 2. The highest BCUT2D eigenvalue weighted by Gasteiger charge is 2.32. The molecule has 0 atom stereocenters. The number of ether oxygens (including phenoxy) is 3. The van der Waals surface area contributed by atoms with Crippen LogP contribution in [-0.4, -0.2) is 40.6 Å². The molecule has 0 N–H and O–H groups in total. The van der Waals surface area contributed by atoms with E-state index in [0.29, 0.717) is 18.7 Å². The van der Waals surface area contributed by atoms with Crippen molar-refractivity contribution in [2.75, 3.05) is 24.6 Å². The number of methoxy groups -OCH3 is 1. The van der Waals surface area contributed by atoms with E-state index in [4.69, 9.17) is 18.6 Å². The lowest BCUT2D eigenvalue weighted by Crippen LogP contribution is -2.29. The Balaban J connectivity index is 1.58. The predicted octanol–water partition coefficient (Wildman–Crippen LogP) is 3.57. The maximum atomic E-state index is 13.4. The van der Waals surface area contributed by atoms with Crippen molar-refractivity contribution in [3.05, 3.63) is 77.2 Å². The van der Waals surface area contributed by atoms with E-state index in [1.165, 1.54) is 41.9 Å². The highest BCUT2D eigenvalue weighted by molar-refractivity contribution is 7.92. The van der Waals surface area contributed by atoms with E-state index in [9.17, 15) is 18.0 Å². The number of sulfonamides is 1. The molecule has 1 aliphatic rings. The molecule has 0 spiro atoms. The Morgan fingerprint density at radius 1 is 1.03 bits per heavy atom. The third kappa shape index (κ3) is 4.36. The van der Waals surface area contributed by atoms with Crippen molar-refractivity contribution in [3.8, 4) is 5.75 Å². The Morgan fingerprint density at radius 2 is 1.79 bits per heavy atom. The number of fused-ring (bicyclic) bond motifs is 1. The number of furan rings is 1. The van der Waals surface area contributed by atoms with Gasteiger partial charge in [-0.05, 0) is 49.2 Å². The Bertz CT molecular complexity index is 1330. The molecule has 0 aliphatic carbocycles. The van der Waals surface area contributed by atoms with Crippen LogP contribution in [0.5, 0.6) is 5.75 Å². The lowest BCUT2D eigenvalue weighted by atomic mass is 10.2. The van der Waals surface area contributed by atoms with Crippen LogP contribution in [0.15, 0.2) is 64.1 Å². The molecule has 9 nitrogen and oxygen atoms in total. The van der Waals surface area contributed by atoms with E-state index in [0.717, 1.165) is 5.56 Å². The van der Waals surface area contributed by atoms with Crippen molar-refractivity contribution in [3.63, 3.8) is 0 Å². The second kappa shape index (κ2) is 9.60. The van der Waals surface area contributed by atoms with E-state index >= 15 is 0 Å². The van der Waals surface area contributed by atoms with Gasteiger partial charge in [-0.2, -0.15) is 0 Å². The molecule has 2 aromatic carbocycles. The van der Waals surface area contributed by atoms with Crippen LogP contribution < -0.4 is 9.04 Å². The van der Waals surface area contributed by atoms with Crippen LogP contribution in [0, 0.1) is 0 Å². The minimum absolute atomic E-state index is 0.0674.